The van der Waals surface area contributed by atoms with Crippen molar-refractivity contribution < 1.29 is 18.7 Å². The first kappa shape index (κ1) is 16.1. The minimum absolute atomic E-state index is 0.0173. The second-order valence-corrected chi connectivity index (χ2v) is 7.15. The Morgan fingerprint density at radius 3 is 2.78 bits per heavy atom. The van der Waals surface area contributed by atoms with E-state index in [0.29, 0.717) is 0 Å². The molecule has 6 heteroatoms. The highest BCUT2D eigenvalue weighted by atomic mass is 32.1. The van der Waals surface area contributed by atoms with Crippen LogP contribution in [0, 0.1) is 24.5 Å². The van der Waals surface area contributed by atoms with Crippen molar-refractivity contribution in [3.63, 3.8) is 0 Å². The molecular weight excluding hydrogens is 320 g/mol. The van der Waals surface area contributed by atoms with Crippen LogP contribution in [-0.4, -0.2) is 17.6 Å². The summed E-state index contributed by atoms with van der Waals surface area (Å²) in [5, 5.41) is 12.7. The van der Waals surface area contributed by atoms with Gasteiger partial charge >= 0.3 is 0 Å². The standard InChI is InChI=1S/C17H17F2NO2S/c1-9-2-5-16(23-9)11-7-12(11)17(22)20-8-15(21)10-3-4-13(18)14(19)6-10/h2-6,11-12,15,21H,7-8H2,1H3,(H,20,22)/t11-,12-,15+/m1/s1. The number of rotatable bonds is 5. The quantitative estimate of drug-likeness (QED) is 0.880. The van der Waals surface area contributed by atoms with Gasteiger partial charge in [0.15, 0.2) is 11.6 Å². The Hall–Kier alpha value is -1.79. The molecule has 0 aliphatic heterocycles. The van der Waals surface area contributed by atoms with Crippen LogP contribution in [0.3, 0.4) is 0 Å². The number of halogens is 2. The van der Waals surface area contributed by atoms with E-state index in [4.69, 9.17) is 0 Å². The minimum Gasteiger partial charge on any atom is -0.387 e. The predicted molar refractivity (Wildman–Crippen MR) is 84.2 cm³/mol. The predicted octanol–water partition coefficient (Wildman–Crippen LogP) is 3.29. The van der Waals surface area contributed by atoms with Crippen molar-refractivity contribution in [3.05, 3.63) is 57.3 Å². The second kappa shape index (κ2) is 6.37. The molecule has 0 bridgehead atoms. The zero-order chi connectivity index (χ0) is 16.6. The average Bonchev–Trinajstić information content (AvgIpc) is 3.22. The summed E-state index contributed by atoms with van der Waals surface area (Å²) < 4.78 is 26.0. The van der Waals surface area contributed by atoms with Crippen LogP contribution >= 0.6 is 11.3 Å². The number of thiophene rings is 1. The van der Waals surface area contributed by atoms with Crippen LogP contribution in [0.5, 0.6) is 0 Å². The highest BCUT2D eigenvalue weighted by Crippen LogP contribution is 2.49. The van der Waals surface area contributed by atoms with E-state index < -0.39 is 17.7 Å². The summed E-state index contributed by atoms with van der Waals surface area (Å²) in [6, 6.07) is 7.31. The molecule has 1 fully saturated rings. The Kier molecular flexibility index (Phi) is 4.46. The van der Waals surface area contributed by atoms with Gasteiger partial charge in [0, 0.05) is 28.1 Å². The first-order valence-electron chi connectivity index (χ1n) is 7.42. The maximum absolute atomic E-state index is 13.1. The van der Waals surface area contributed by atoms with Crippen molar-refractivity contribution in [3.8, 4) is 0 Å². The molecule has 0 spiro atoms. The number of benzene rings is 1. The van der Waals surface area contributed by atoms with Gasteiger partial charge in [-0.15, -0.1) is 11.3 Å². The summed E-state index contributed by atoms with van der Waals surface area (Å²) >= 11 is 1.70. The number of hydrogen-bond donors (Lipinski definition) is 2. The molecule has 1 heterocycles. The lowest BCUT2D eigenvalue weighted by atomic mass is 10.1. The molecule has 0 saturated heterocycles. The van der Waals surface area contributed by atoms with Crippen molar-refractivity contribution in [1.29, 1.82) is 0 Å². The first-order valence-corrected chi connectivity index (χ1v) is 8.24. The molecule has 0 radical (unpaired) electrons. The lowest BCUT2D eigenvalue weighted by molar-refractivity contribution is -0.122. The number of carbonyl (C=O) groups is 1. The molecule has 1 aliphatic carbocycles. The van der Waals surface area contributed by atoms with Crippen LogP contribution < -0.4 is 5.32 Å². The molecule has 3 rings (SSSR count). The van der Waals surface area contributed by atoms with Gasteiger partial charge < -0.3 is 10.4 Å². The molecule has 1 aromatic heterocycles. The topological polar surface area (TPSA) is 49.3 Å². The number of amides is 1. The SMILES string of the molecule is Cc1ccc([C@@H]2C[C@H]2C(=O)NC[C@H](O)c2ccc(F)c(F)c2)s1. The Balaban J connectivity index is 1.52. The van der Waals surface area contributed by atoms with Crippen LogP contribution in [0.15, 0.2) is 30.3 Å². The van der Waals surface area contributed by atoms with E-state index in [1.807, 2.05) is 19.1 Å². The summed E-state index contributed by atoms with van der Waals surface area (Å²) in [5.74, 6) is -1.89. The van der Waals surface area contributed by atoms with Gasteiger partial charge in [0.2, 0.25) is 5.91 Å². The highest BCUT2D eigenvalue weighted by molar-refractivity contribution is 7.12. The van der Waals surface area contributed by atoms with Crippen molar-refractivity contribution in [2.24, 2.45) is 5.92 Å². The minimum atomic E-state index is -1.06. The molecule has 2 aromatic rings. The van der Waals surface area contributed by atoms with E-state index in [-0.39, 0.29) is 29.9 Å². The van der Waals surface area contributed by atoms with Crippen LogP contribution in [-0.2, 0) is 4.79 Å². The zero-order valence-corrected chi connectivity index (χ0v) is 13.4. The van der Waals surface area contributed by atoms with Crippen LogP contribution in [0.2, 0.25) is 0 Å². The molecule has 3 nitrogen and oxygen atoms in total. The normalized spacial score (nSPS) is 21.0. The Labute approximate surface area is 137 Å². The average molecular weight is 337 g/mol. The van der Waals surface area contributed by atoms with Gasteiger partial charge in [-0.1, -0.05) is 6.07 Å². The lowest BCUT2D eigenvalue weighted by Gasteiger charge is -2.12. The lowest BCUT2D eigenvalue weighted by Crippen LogP contribution is -2.30. The van der Waals surface area contributed by atoms with Crippen molar-refractivity contribution in [2.75, 3.05) is 6.54 Å². The Morgan fingerprint density at radius 1 is 1.35 bits per heavy atom. The van der Waals surface area contributed by atoms with Gasteiger partial charge in [-0.05, 0) is 43.2 Å². The molecule has 1 saturated carbocycles. The summed E-state index contributed by atoms with van der Waals surface area (Å²) in [5.41, 5.74) is 0.241. The molecule has 1 amide bonds. The van der Waals surface area contributed by atoms with E-state index in [1.54, 1.807) is 11.3 Å². The van der Waals surface area contributed by atoms with E-state index in [9.17, 15) is 18.7 Å². The van der Waals surface area contributed by atoms with Crippen molar-refractivity contribution in [2.45, 2.75) is 25.4 Å². The van der Waals surface area contributed by atoms with Crippen LogP contribution in [0.1, 0.15) is 33.8 Å². The van der Waals surface area contributed by atoms with Gasteiger partial charge in [-0.25, -0.2) is 8.78 Å². The third-order valence-electron chi connectivity index (χ3n) is 4.05. The molecule has 122 valence electrons. The Bertz CT molecular complexity index is 731. The van der Waals surface area contributed by atoms with E-state index >= 15 is 0 Å². The monoisotopic (exact) mass is 337 g/mol. The fourth-order valence-electron chi connectivity index (χ4n) is 2.62. The number of aliphatic hydroxyl groups is 1. The summed E-state index contributed by atoms with van der Waals surface area (Å²) in [6.07, 6.45) is -0.247. The van der Waals surface area contributed by atoms with Gasteiger partial charge in [-0.3, -0.25) is 4.79 Å². The molecule has 0 unspecified atom stereocenters. The maximum Gasteiger partial charge on any atom is 0.223 e. The molecule has 1 aliphatic rings. The zero-order valence-electron chi connectivity index (χ0n) is 12.6. The van der Waals surface area contributed by atoms with Gasteiger partial charge in [0.25, 0.3) is 0 Å². The first-order chi connectivity index (χ1) is 11.0. The second-order valence-electron chi connectivity index (χ2n) is 5.83. The molecule has 2 N–H and O–H groups in total. The van der Waals surface area contributed by atoms with Crippen molar-refractivity contribution in [1.82, 2.24) is 5.32 Å². The van der Waals surface area contributed by atoms with Crippen LogP contribution in [0.4, 0.5) is 8.78 Å². The Morgan fingerprint density at radius 2 is 2.13 bits per heavy atom. The molecule has 1 aromatic carbocycles. The number of hydrogen-bond acceptors (Lipinski definition) is 3. The molecule has 23 heavy (non-hydrogen) atoms. The fourth-order valence-corrected chi connectivity index (χ4v) is 3.67. The van der Waals surface area contributed by atoms with Gasteiger partial charge in [0.05, 0.1) is 6.10 Å². The highest BCUT2D eigenvalue weighted by Gasteiger charge is 2.44. The molecule has 3 atom stereocenters. The molecular formula is C17H17F2NO2S. The number of aryl methyl sites for hydroxylation is 1. The summed E-state index contributed by atoms with van der Waals surface area (Å²) in [7, 11) is 0. The van der Waals surface area contributed by atoms with Crippen LogP contribution in [0.25, 0.3) is 0 Å². The summed E-state index contributed by atoms with van der Waals surface area (Å²) in [6.45, 7) is 2.01. The fraction of sp³-hybridized carbons (Fsp3) is 0.353. The number of aliphatic hydroxyl groups excluding tert-OH is 1. The largest absolute Gasteiger partial charge is 0.387 e. The van der Waals surface area contributed by atoms with Gasteiger partial charge in [0.1, 0.15) is 0 Å². The van der Waals surface area contributed by atoms with Gasteiger partial charge in [-0.2, -0.15) is 0 Å². The third-order valence-corrected chi connectivity index (χ3v) is 5.18. The third kappa shape index (κ3) is 3.59. The number of carbonyl (C=O) groups excluding carboxylic acids is 1. The smallest absolute Gasteiger partial charge is 0.223 e. The summed E-state index contributed by atoms with van der Waals surface area (Å²) in [4.78, 5) is 14.5. The van der Waals surface area contributed by atoms with E-state index in [0.717, 1.165) is 18.6 Å². The number of nitrogens with one attached hydrogen (secondary N) is 1. The maximum atomic E-state index is 13.1. The van der Waals surface area contributed by atoms with E-state index in [1.165, 1.54) is 15.8 Å². The van der Waals surface area contributed by atoms with E-state index in [2.05, 4.69) is 5.32 Å². The van der Waals surface area contributed by atoms with Crippen molar-refractivity contribution >= 4 is 17.2 Å².